The van der Waals surface area contributed by atoms with E-state index in [0.29, 0.717) is 82.3 Å². The quantitative estimate of drug-likeness (QED) is 0.0395. The first-order valence-electron chi connectivity index (χ1n) is 20.8. The Bertz CT molecular complexity index is 2550. The number of rotatable bonds is 19. The lowest BCUT2D eigenvalue weighted by Gasteiger charge is -2.40. The molecule has 2 atom stereocenters. The second kappa shape index (κ2) is 20.7. The summed E-state index contributed by atoms with van der Waals surface area (Å²) in [6, 6.07) is 12.5. The maximum Gasteiger partial charge on any atom is 0.255 e. The van der Waals surface area contributed by atoms with Crippen molar-refractivity contribution in [2.45, 2.75) is 57.8 Å². The lowest BCUT2D eigenvalue weighted by molar-refractivity contribution is -0.137. The molecule has 340 valence electrons. The van der Waals surface area contributed by atoms with Crippen LogP contribution in [0, 0.1) is 5.53 Å². The van der Waals surface area contributed by atoms with E-state index in [2.05, 4.69) is 42.0 Å². The minimum atomic E-state index is -0.750. The molecule has 1 saturated heterocycles. The second-order valence-electron chi connectivity index (χ2n) is 15.3. The molecule has 0 bridgehead atoms. The molecule has 0 spiro atoms. The number of piperidine rings is 1. The van der Waals surface area contributed by atoms with Gasteiger partial charge in [0.25, 0.3) is 11.8 Å². The number of anilines is 5. The summed E-state index contributed by atoms with van der Waals surface area (Å²) in [5.74, 6) is -0.709. The summed E-state index contributed by atoms with van der Waals surface area (Å²) in [5, 5.41) is 20.8. The smallest absolute Gasteiger partial charge is 0.255 e. The topological polar surface area (TPSA) is 256 Å². The number of thiophene rings is 1. The third kappa shape index (κ3) is 10.5. The number of amides is 6. The van der Waals surface area contributed by atoms with E-state index in [0.717, 1.165) is 4.88 Å². The molecule has 4 aromatic rings. The van der Waals surface area contributed by atoms with Gasteiger partial charge in [-0.15, -0.1) is 11.3 Å². The Hall–Kier alpha value is -6.97. The van der Waals surface area contributed by atoms with Crippen LogP contribution in [0.1, 0.15) is 63.8 Å². The summed E-state index contributed by atoms with van der Waals surface area (Å²) in [5.41, 5.74) is 10.8. The summed E-state index contributed by atoms with van der Waals surface area (Å²) in [6.45, 7) is 3.79. The number of carbonyl (C=O) groups excluding carboxylic acids is 6. The van der Waals surface area contributed by atoms with Gasteiger partial charge in [0.1, 0.15) is 23.5 Å². The van der Waals surface area contributed by atoms with Gasteiger partial charge < -0.3 is 46.0 Å². The van der Waals surface area contributed by atoms with Gasteiger partial charge in [-0.1, -0.05) is 24.6 Å². The van der Waals surface area contributed by atoms with E-state index >= 15 is 0 Å². The zero-order chi connectivity index (χ0) is 46.2. The Morgan fingerprint density at radius 3 is 2.66 bits per heavy atom. The maximum absolute atomic E-state index is 13.3. The van der Waals surface area contributed by atoms with Crippen molar-refractivity contribution >= 4 is 87.2 Å². The fourth-order valence-electron chi connectivity index (χ4n) is 7.73. The normalized spacial score (nSPS) is 17.0. The molecule has 2 aromatic carbocycles. The molecule has 0 radical (unpaired) electrons. The molecular formula is C43H48ClN13O7S. The molecule has 2 aromatic heterocycles. The highest BCUT2D eigenvalue weighted by Crippen LogP contribution is 2.38. The maximum atomic E-state index is 13.3. The second-order valence-corrected chi connectivity index (χ2v) is 17.1. The summed E-state index contributed by atoms with van der Waals surface area (Å²) >= 11 is 7.65. The van der Waals surface area contributed by atoms with E-state index in [1.165, 1.54) is 29.5 Å². The molecule has 22 heteroatoms. The number of nitrogens with zero attached hydrogens (tertiary/aromatic N) is 6. The van der Waals surface area contributed by atoms with Crippen molar-refractivity contribution < 1.29 is 33.5 Å². The van der Waals surface area contributed by atoms with Crippen LogP contribution in [-0.4, -0.2) is 103 Å². The van der Waals surface area contributed by atoms with Crippen LogP contribution < -0.4 is 46.4 Å². The minimum Gasteiger partial charge on any atom is -0.495 e. The third-order valence-corrected chi connectivity index (χ3v) is 12.3. The number of methoxy groups -OCH3 is 1. The molecule has 20 nitrogen and oxygen atoms in total. The van der Waals surface area contributed by atoms with Gasteiger partial charge in [0.2, 0.25) is 29.6 Å². The molecule has 0 saturated carbocycles. The standard InChI is InChI=1S/C43H48ClN13O7S/c1-4-31-42(63)55(2)33-21-49-43(53-38(33)56(31)22-26-9-12-35(44)65-26)51-30-10-8-24(18-34(30)64-3)39(60)48-20-25(54-45)19-47-17-16-46-15-14-37(59)50-29-7-5-6-27-28(29)23-57(41(27)62)32-11-13-36(58)52-40(32)61/h5-10,12,18-19,21,31-32,45-47H,4,11,13-17,20,22-23H2,1-3H3,(H,48,60)(H,50,59)(H,49,51,53)(H,52,58,61)/b25-19-,54-45?/t31-,32?/m1/s1. The molecular weight excluding hydrogens is 878 g/mol. The highest BCUT2D eigenvalue weighted by molar-refractivity contribution is 7.16. The fourth-order valence-corrected chi connectivity index (χ4v) is 8.81. The molecule has 3 aliphatic rings. The van der Waals surface area contributed by atoms with E-state index in [9.17, 15) is 28.8 Å². The van der Waals surface area contributed by atoms with Crippen LogP contribution in [0.3, 0.4) is 0 Å². The summed E-state index contributed by atoms with van der Waals surface area (Å²) in [6.07, 6.45) is 4.24. The van der Waals surface area contributed by atoms with Gasteiger partial charge in [-0.05, 0) is 55.3 Å². The average Bonchev–Trinajstić information content (AvgIpc) is 3.87. The van der Waals surface area contributed by atoms with Crippen LogP contribution in [0.2, 0.25) is 4.34 Å². The Balaban J connectivity index is 0.858. The number of benzene rings is 2. The van der Waals surface area contributed by atoms with Crippen molar-refractivity contribution in [1.29, 1.82) is 5.53 Å². The van der Waals surface area contributed by atoms with E-state index < -0.39 is 23.9 Å². The number of hydrogen-bond donors (Lipinski definition) is 7. The van der Waals surface area contributed by atoms with Crippen molar-refractivity contribution in [2.75, 3.05) is 60.8 Å². The van der Waals surface area contributed by atoms with E-state index in [1.807, 2.05) is 24.0 Å². The monoisotopic (exact) mass is 925 g/mol. The van der Waals surface area contributed by atoms with Crippen LogP contribution in [0.25, 0.3) is 0 Å². The van der Waals surface area contributed by atoms with Gasteiger partial charge in [0.15, 0.2) is 5.82 Å². The molecule has 3 aliphatic heterocycles. The fraction of sp³-hybridized carbons (Fsp3) is 0.349. The lowest BCUT2D eigenvalue weighted by Crippen LogP contribution is -2.52. The van der Waals surface area contributed by atoms with Crippen molar-refractivity contribution in [3.05, 3.63) is 92.5 Å². The zero-order valence-electron chi connectivity index (χ0n) is 35.8. The number of aromatic nitrogens is 2. The Labute approximate surface area is 383 Å². The van der Waals surface area contributed by atoms with Gasteiger partial charge in [0.05, 0.1) is 42.1 Å². The predicted octanol–water partition coefficient (Wildman–Crippen LogP) is 4.28. The molecule has 6 amide bonds. The molecule has 7 N–H and O–H groups in total. The Kier molecular flexibility index (Phi) is 14.7. The molecule has 65 heavy (non-hydrogen) atoms. The number of imide groups is 1. The minimum absolute atomic E-state index is 0.0296. The number of ether oxygens (including phenoxy) is 1. The first-order chi connectivity index (χ1) is 31.4. The molecule has 1 unspecified atom stereocenters. The molecule has 5 heterocycles. The van der Waals surface area contributed by atoms with Crippen molar-refractivity contribution in [1.82, 2.24) is 36.1 Å². The van der Waals surface area contributed by atoms with Crippen LogP contribution in [0.5, 0.6) is 5.75 Å². The predicted molar refractivity (Wildman–Crippen MR) is 243 cm³/mol. The van der Waals surface area contributed by atoms with Gasteiger partial charge in [-0.2, -0.15) is 10.1 Å². The van der Waals surface area contributed by atoms with Crippen LogP contribution in [0.4, 0.5) is 28.8 Å². The lowest BCUT2D eigenvalue weighted by atomic mass is 10.0. The SMILES string of the molecule is CC[C@@H]1C(=O)N(C)c2cnc(Nc3ccc(C(=O)NC/C(=C/NCCNCCC(=O)Nc4cccc5c4CN(C4CCC(=O)NC4=O)C5=O)N=N)cc3OC)nc2N1Cc1ccc(Cl)s1. The van der Waals surface area contributed by atoms with Gasteiger partial charge >= 0.3 is 0 Å². The summed E-state index contributed by atoms with van der Waals surface area (Å²) < 4.78 is 6.27. The highest BCUT2D eigenvalue weighted by Gasteiger charge is 2.40. The molecule has 1 fully saturated rings. The Morgan fingerprint density at radius 1 is 1.09 bits per heavy atom. The number of carbonyl (C=O) groups is 6. The average molecular weight is 926 g/mol. The van der Waals surface area contributed by atoms with Crippen molar-refractivity contribution in [3.63, 3.8) is 0 Å². The molecule has 0 aliphatic carbocycles. The van der Waals surface area contributed by atoms with Crippen molar-refractivity contribution in [2.24, 2.45) is 5.11 Å². The number of fused-ring (bicyclic) bond motifs is 2. The zero-order valence-corrected chi connectivity index (χ0v) is 37.4. The first-order valence-corrected chi connectivity index (χ1v) is 22.0. The van der Waals surface area contributed by atoms with E-state index in [-0.39, 0.29) is 67.6 Å². The number of hydrogen-bond acceptors (Lipinski definition) is 16. The number of nitrogens with one attached hydrogen (secondary N) is 7. The van der Waals surface area contributed by atoms with E-state index in [1.54, 1.807) is 54.5 Å². The largest absolute Gasteiger partial charge is 0.495 e. The van der Waals surface area contributed by atoms with Crippen LogP contribution in [-0.2, 0) is 32.3 Å². The van der Waals surface area contributed by atoms with Gasteiger partial charge in [-0.3, -0.25) is 34.1 Å². The third-order valence-electron chi connectivity index (χ3n) is 11.1. The van der Waals surface area contributed by atoms with Crippen molar-refractivity contribution in [3.8, 4) is 5.75 Å². The first kappa shape index (κ1) is 46.0. The highest BCUT2D eigenvalue weighted by atomic mass is 35.5. The molecule has 7 rings (SSSR count). The number of halogens is 1. The van der Waals surface area contributed by atoms with Gasteiger partial charge in [-0.25, -0.2) is 10.5 Å². The van der Waals surface area contributed by atoms with Gasteiger partial charge in [0, 0.05) is 79.5 Å². The summed E-state index contributed by atoms with van der Waals surface area (Å²) in [7, 11) is 3.19. The summed E-state index contributed by atoms with van der Waals surface area (Å²) in [4.78, 5) is 91.6. The van der Waals surface area contributed by atoms with Crippen LogP contribution in [0.15, 0.2) is 71.7 Å². The number of likely N-dealkylation sites (N-methyl/N-ethyl adjacent to an activating group) is 1. The van der Waals surface area contributed by atoms with Crippen LogP contribution >= 0.6 is 22.9 Å². The van der Waals surface area contributed by atoms with E-state index in [4.69, 9.17) is 26.9 Å². The Morgan fingerprint density at radius 2 is 1.92 bits per heavy atom.